The molecule has 232 valence electrons. The SMILES string of the molecule is C=CC(=O)Nc1cc(Nc2cc(N3OCCC3c3cccc(Oc4ccccc4)c3)ncn2)c(OC)cc1N1CCOC(C)C1. The molecular weight excluding hydrogens is 572 g/mol. The summed E-state index contributed by atoms with van der Waals surface area (Å²) in [5, 5.41) is 8.10. The molecule has 11 nitrogen and oxygen atoms in total. The van der Waals surface area contributed by atoms with E-state index in [1.165, 1.54) is 12.4 Å². The number of hydrogen-bond donors (Lipinski definition) is 2. The largest absolute Gasteiger partial charge is 0.494 e. The van der Waals surface area contributed by atoms with Crippen LogP contribution in [-0.2, 0) is 14.4 Å². The molecule has 0 bridgehead atoms. The van der Waals surface area contributed by atoms with E-state index in [1.807, 2.05) is 78.7 Å². The molecule has 2 aliphatic rings. The number of carbonyl (C=O) groups is 1. The van der Waals surface area contributed by atoms with Gasteiger partial charge >= 0.3 is 0 Å². The lowest BCUT2D eigenvalue weighted by Gasteiger charge is -2.34. The van der Waals surface area contributed by atoms with E-state index in [9.17, 15) is 4.79 Å². The van der Waals surface area contributed by atoms with Gasteiger partial charge in [-0.2, -0.15) is 0 Å². The zero-order valence-corrected chi connectivity index (χ0v) is 25.3. The highest BCUT2D eigenvalue weighted by Crippen LogP contribution is 2.40. The smallest absolute Gasteiger partial charge is 0.247 e. The number of hydrogen-bond acceptors (Lipinski definition) is 10. The number of benzene rings is 3. The van der Waals surface area contributed by atoms with Gasteiger partial charge in [-0.1, -0.05) is 36.9 Å². The van der Waals surface area contributed by atoms with Crippen molar-refractivity contribution in [1.82, 2.24) is 9.97 Å². The first kappa shape index (κ1) is 29.9. The number of carbonyl (C=O) groups excluding carboxylic acids is 1. The Morgan fingerprint density at radius 2 is 1.87 bits per heavy atom. The number of ether oxygens (including phenoxy) is 3. The number of anilines is 5. The average molecular weight is 609 g/mol. The van der Waals surface area contributed by atoms with Gasteiger partial charge in [0.15, 0.2) is 5.82 Å². The number of nitrogens with one attached hydrogen (secondary N) is 2. The van der Waals surface area contributed by atoms with Crippen LogP contribution >= 0.6 is 0 Å². The Morgan fingerprint density at radius 1 is 1.02 bits per heavy atom. The van der Waals surface area contributed by atoms with Crippen molar-refractivity contribution >= 4 is 34.6 Å². The number of nitrogens with zero attached hydrogens (tertiary/aromatic N) is 4. The molecule has 2 unspecified atom stereocenters. The Labute approximate surface area is 262 Å². The highest BCUT2D eigenvalue weighted by Gasteiger charge is 2.30. The lowest BCUT2D eigenvalue weighted by atomic mass is 10.0. The van der Waals surface area contributed by atoms with Crippen molar-refractivity contribution in [2.75, 3.05) is 54.0 Å². The molecule has 0 spiro atoms. The Morgan fingerprint density at radius 3 is 2.67 bits per heavy atom. The molecular formula is C34H36N6O5. The van der Waals surface area contributed by atoms with Crippen molar-refractivity contribution < 1.29 is 23.8 Å². The minimum Gasteiger partial charge on any atom is -0.494 e. The standard InChI is InChI=1S/C34H36N6O5/c1-4-34(41)38-27-18-28(31(42-3)19-30(27)39-14-16-43-23(2)21-39)37-32-20-33(36-22-35-32)40-29(13-15-44-40)24-9-8-12-26(17-24)45-25-10-6-5-7-11-25/h4-12,17-20,22-23,29H,1,13-16,21H2,2-3H3,(H,38,41)(H,35,36,37). The first-order chi connectivity index (χ1) is 22.0. The number of aromatic nitrogens is 2. The Bertz CT molecular complexity index is 1650. The number of amides is 1. The van der Waals surface area contributed by atoms with Crippen LogP contribution in [0, 0.1) is 0 Å². The molecule has 2 fully saturated rings. The molecule has 2 atom stereocenters. The van der Waals surface area contributed by atoms with Gasteiger partial charge in [0.2, 0.25) is 5.91 Å². The molecule has 2 saturated heterocycles. The summed E-state index contributed by atoms with van der Waals surface area (Å²) in [5.41, 5.74) is 3.12. The molecule has 45 heavy (non-hydrogen) atoms. The van der Waals surface area contributed by atoms with Crippen LogP contribution in [0.3, 0.4) is 0 Å². The van der Waals surface area contributed by atoms with Crippen LogP contribution in [0.15, 0.2) is 91.8 Å². The fraction of sp³-hybridized carbons (Fsp3) is 0.265. The topological polar surface area (TPSA) is 110 Å². The second-order valence-electron chi connectivity index (χ2n) is 10.7. The fourth-order valence-corrected chi connectivity index (χ4v) is 5.50. The van der Waals surface area contributed by atoms with Gasteiger partial charge in [0.1, 0.15) is 29.4 Å². The van der Waals surface area contributed by atoms with Gasteiger partial charge < -0.3 is 29.7 Å². The predicted molar refractivity (Wildman–Crippen MR) is 174 cm³/mol. The monoisotopic (exact) mass is 608 g/mol. The molecule has 2 N–H and O–H groups in total. The van der Waals surface area contributed by atoms with E-state index < -0.39 is 0 Å². The molecule has 6 rings (SSSR count). The minimum atomic E-state index is -0.312. The molecule has 1 amide bonds. The summed E-state index contributed by atoms with van der Waals surface area (Å²) in [4.78, 5) is 29.6. The number of rotatable bonds is 10. The summed E-state index contributed by atoms with van der Waals surface area (Å²) in [6, 6.07) is 23.2. The Kier molecular flexibility index (Phi) is 9.09. The lowest BCUT2D eigenvalue weighted by Crippen LogP contribution is -2.41. The molecule has 0 saturated carbocycles. The van der Waals surface area contributed by atoms with Gasteiger partial charge in [-0.05, 0) is 48.9 Å². The zero-order chi connectivity index (χ0) is 31.2. The van der Waals surface area contributed by atoms with Crippen LogP contribution in [0.2, 0.25) is 0 Å². The first-order valence-corrected chi connectivity index (χ1v) is 14.9. The van der Waals surface area contributed by atoms with Crippen molar-refractivity contribution in [3.63, 3.8) is 0 Å². The molecule has 0 aliphatic carbocycles. The summed E-state index contributed by atoms with van der Waals surface area (Å²) < 4.78 is 17.6. The third-order valence-corrected chi connectivity index (χ3v) is 7.61. The third-order valence-electron chi connectivity index (χ3n) is 7.61. The Hall–Kier alpha value is -5.13. The van der Waals surface area contributed by atoms with Gasteiger partial charge in [-0.15, -0.1) is 0 Å². The number of hydroxylamine groups is 1. The number of morpholine rings is 1. The first-order valence-electron chi connectivity index (χ1n) is 14.9. The highest BCUT2D eigenvalue weighted by atomic mass is 16.7. The van der Waals surface area contributed by atoms with Gasteiger partial charge in [0, 0.05) is 31.6 Å². The highest BCUT2D eigenvalue weighted by molar-refractivity contribution is 6.02. The quantitative estimate of drug-likeness (QED) is 0.200. The second-order valence-corrected chi connectivity index (χ2v) is 10.7. The van der Waals surface area contributed by atoms with E-state index in [0.717, 1.165) is 29.2 Å². The molecule has 0 radical (unpaired) electrons. The van der Waals surface area contributed by atoms with E-state index in [4.69, 9.17) is 19.0 Å². The molecule has 1 aromatic heterocycles. The van der Waals surface area contributed by atoms with Crippen LogP contribution in [0.25, 0.3) is 0 Å². The summed E-state index contributed by atoms with van der Waals surface area (Å²) in [5.74, 6) is 2.93. The maximum absolute atomic E-state index is 12.4. The van der Waals surface area contributed by atoms with Crippen molar-refractivity contribution in [3.8, 4) is 17.2 Å². The van der Waals surface area contributed by atoms with Gasteiger partial charge in [0.05, 0.1) is 49.5 Å². The molecule has 11 heteroatoms. The average Bonchev–Trinajstić information content (AvgIpc) is 3.56. The fourth-order valence-electron chi connectivity index (χ4n) is 5.50. The zero-order valence-electron chi connectivity index (χ0n) is 25.3. The maximum atomic E-state index is 12.4. The van der Waals surface area contributed by atoms with E-state index in [-0.39, 0.29) is 18.1 Å². The summed E-state index contributed by atoms with van der Waals surface area (Å²) in [6.45, 7) is 8.13. The van der Waals surface area contributed by atoms with Gasteiger partial charge in [-0.25, -0.2) is 15.0 Å². The maximum Gasteiger partial charge on any atom is 0.247 e. The van der Waals surface area contributed by atoms with Crippen LogP contribution in [0.4, 0.5) is 28.7 Å². The van der Waals surface area contributed by atoms with Crippen LogP contribution in [0.5, 0.6) is 17.2 Å². The van der Waals surface area contributed by atoms with E-state index in [1.54, 1.807) is 7.11 Å². The molecule has 2 aliphatic heterocycles. The van der Waals surface area contributed by atoms with E-state index in [0.29, 0.717) is 55.1 Å². The van der Waals surface area contributed by atoms with Gasteiger partial charge in [0.25, 0.3) is 0 Å². The lowest BCUT2D eigenvalue weighted by molar-refractivity contribution is -0.111. The summed E-state index contributed by atoms with van der Waals surface area (Å²) in [7, 11) is 1.61. The molecule has 3 heterocycles. The normalized spacial score (nSPS) is 17.9. The van der Waals surface area contributed by atoms with Gasteiger partial charge in [-0.3, -0.25) is 9.63 Å². The Balaban J connectivity index is 1.25. The number of para-hydroxylation sites is 1. The van der Waals surface area contributed by atoms with Crippen molar-refractivity contribution in [2.45, 2.75) is 25.5 Å². The second kappa shape index (κ2) is 13.7. The summed E-state index contributed by atoms with van der Waals surface area (Å²) >= 11 is 0. The van der Waals surface area contributed by atoms with Crippen LogP contribution < -0.4 is 30.1 Å². The number of methoxy groups -OCH3 is 1. The van der Waals surface area contributed by atoms with Crippen LogP contribution in [0.1, 0.15) is 24.9 Å². The van der Waals surface area contributed by atoms with Crippen molar-refractivity contribution in [3.05, 3.63) is 97.3 Å². The van der Waals surface area contributed by atoms with Crippen molar-refractivity contribution in [2.24, 2.45) is 0 Å². The van der Waals surface area contributed by atoms with Crippen LogP contribution in [-0.4, -0.2) is 55.4 Å². The van der Waals surface area contributed by atoms with Crippen molar-refractivity contribution in [1.29, 1.82) is 0 Å². The van der Waals surface area contributed by atoms with E-state index >= 15 is 0 Å². The predicted octanol–water partition coefficient (Wildman–Crippen LogP) is 6.25. The van der Waals surface area contributed by atoms with E-state index in [2.05, 4.69) is 38.1 Å². The summed E-state index contributed by atoms with van der Waals surface area (Å²) in [6.07, 6.45) is 3.57. The minimum absolute atomic E-state index is 0.0560. The molecule has 4 aromatic rings. The molecule has 3 aromatic carbocycles. The third kappa shape index (κ3) is 7.00.